The molecule has 1 aromatic carbocycles. The van der Waals surface area contributed by atoms with Crippen LogP contribution in [-0.4, -0.2) is 22.9 Å². The molecule has 0 saturated carbocycles. The number of benzene rings is 1. The Morgan fingerprint density at radius 3 is 2.50 bits per heavy atom. The van der Waals surface area contributed by atoms with Crippen molar-refractivity contribution in [1.29, 1.82) is 0 Å². The lowest BCUT2D eigenvalue weighted by Crippen LogP contribution is -2.47. The van der Waals surface area contributed by atoms with Crippen molar-refractivity contribution in [2.45, 2.75) is 52.1 Å². The van der Waals surface area contributed by atoms with Crippen LogP contribution in [0.4, 0.5) is 5.69 Å². The predicted octanol–water partition coefficient (Wildman–Crippen LogP) is 2.98. The summed E-state index contributed by atoms with van der Waals surface area (Å²) in [6, 6.07) is 6.22. The molecule has 0 spiro atoms. The molecule has 1 amide bonds. The van der Waals surface area contributed by atoms with Crippen LogP contribution in [-0.2, 0) is 0 Å². The highest BCUT2D eigenvalue weighted by atomic mass is 16.2. The van der Waals surface area contributed by atoms with Crippen LogP contribution in [0.3, 0.4) is 0 Å². The first-order valence-electron chi connectivity index (χ1n) is 6.70. The molecule has 0 aromatic heterocycles. The van der Waals surface area contributed by atoms with Crippen molar-refractivity contribution in [2.75, 3.05) is 5.73 Å². The van der Waals surface area contributed by atoms with Gasteiger partial charge in [-0.1, -0.05) is 6.07 Å². The Hall–Kier alpha value is -1.51. The van der Waals surface area contributed by atoms with Gasteiger partial charge in [-0.2, -0.15) is 0 Å². The first-order valence-corrected chi connectivity index (χ1v) is 6.70. The fourth-order valence-electron chi connectivity index (χ4n) is 2.85. The number of piperidine rings is 1. The molecular formula is C15H22N2O. The first kappa shape index (κ1) is 12.9. The van der Waals surface area contributed by atoms with E-state index < -0.39 is 0 Å². The van der Waals surface area contributed by atoms with Crippen molar-refractivity contribution < 1.29 is 4.79 Å². The standard InChI is InChI=1S/C15H22N2O/c1-10-6-4-7-11(2)17(10)15(18)13-8-5-9-14(16)12(13)3/h5,8-11H,4,6-7,16H2,1-3H3/t10-,11+. The molecule has 0 radical (unpaired) electrons. The topological polar surface area (TPSA) is 46.3 Å². The Bertz CT molecular complexity index is 446. The smallest absolute Gasteiger partial charge is 0.254 e. The Kier molecular flexibility index (Phi) is 3.60. The second-order valence-corrected chi connectivity index (χ2v) is 5.36. The van der Waals surface area contributed by atoms with Crippen LogP contribution in [0.1, 0.15) is 49.0 Å². The van der Waals surface area contributed by atoms with Gasteiger partial charge in [0, 0.05) is 23.3 Å². The number of likely N-dealkylation sites (tertiary alicyclic amines) is 1. The molecule has 2 rings (SSSR count). The summed E-state index contributed by atoms with van der Waals surface area (Å²) < 4.78 is 0. The number of nitrogen functional groups attached to an aromatic ring is 1. The third-order valence-electron chi connectivity index (χ3n) is 4.03. The molecular weight excluding hydrogens is 224 g/mol. The van der Waals surface area contributed by atoms with Gasteiger partial charge in [0.15, 0.2) is 0 Å². The van der Waals surface area contributed by atoms with Gasteiger partial charge in [0.25, 0.3) is 5.91 Å². The zero-order valence-electron chi connectivity index (χ0n) is 11.4. The van der Waals surface area contributed by atoms with Crippen molar-refractivity contribution in [2.24, 2.45) is 0 Å². The first-order chi connectivity index (χ1) is 8.52. The molecule has 1 heterocycles. The second-order valence-electron chi connectivity index (χ2n) is 5.36. The zero-order valence-corrected chi connectivity index (χ0v) is 11.4. The fourth-order valence-corrected chi connectivity index (χ4v) is 2.85. The van der Waals surface area contributed by atoms with Crippen LogP contribution in [0.2, 0.25) is 0 Å². The maximum atomic E-state index is 12.7. The monoisotopic (exact) mass is 246 g/mol. The quantitative estimate of drug-likeness (QED) is 0.774. The summed E-state index contributed by atoms with van der Waals surface area (Å²) in [6.07, 6.45) is 3.40. The number of rotatable bonds is 1. The van der Waals surface area contributed by atoms with Gasteiger partial charge in [-0.25, -0.2) is 0 Å². The summed E-state index contributed by atoms with van der Waals surface area (Å²) in [7, 11) is 0. The number of nitrogens with two attached hydrogens (primary N) is 1. The third-order valence-corrected chi connectivity index (χ3v) is 4.03. The molecule has 1 aliphatic heterocycles. The molecule has 2 atom stereocenters. The van der Waals surface area contributed by atoms with Crippen LogP contribution in [0.25, 0.3) is 0 Å². The summed E-state index contributed by atoms with van der Waals surface area (Å²) >= 11 is 0. The van der Waals surface area contributed by atoms with E-state index in [-0.39, 0.29) is 5.91 Å². The van der Waals surface area contributed by atoms with Gasteiger partial charge >= 0.3 is 0 Å². The van der Waals surface area contributed by atoms with E-state index in [4.69, 9.17) is 5.73 Å². The highest BCUT2D eigenvalue weighted by molar-refractivity contribution is 5.97. The van der Waals surface area contributed by atoms with Gasteiger partial charge in [0.05, 0.1) is 0 Å². The zero-order chi connectivity index (χ0) is 13.3. The minimum absolute atomic E-state index is 0.125. The number of hydrogen-bond donors (Lipinski definition) is 1. The van der Waals surface area contributed by atoms with Gasteiger partial charge in [-0.15, -0.1) is 0 Å². The highest BCUT2D eigenvalue weighted by Gasteiger charge is 2.30. The average Bonchev–Trinajstić information content (AvgIpc) is 2.32. The van der Waals surface area contributed by atoms with E-state index in [2.05, 4.69) is 13.8 Å². The lowest BCUT2D eigenvalue weighted by Gasteiger charge is -2.39. The van der Waals surface area contributed by atoms with Crippen LogP contribution >= 0.6 is 0 Å². The van der Waals surface area contributed by atoms with E-state index in [9.17, 15) is 4.79 Å². The molecule has 3 nitrogen and oxygen atoms in total. The van der Waals surface area contributed by atoms with Crippen molar-refractivity contribution in [3.8, 4) is 0 Å². The maximum Gasteiger partial charge on any atom is 0.254 e. The number of amides is 1. The van der Waals surface area contributed by atoms with E-state index in [1.54, 1.807) is 0 Å². The maximum absolute atomic E-state index is 12.7. The summed E-state index contributed by atoms with van der Waals surface area (Å²) in [5.41, 5.74) is 8.22. The SMILES string of the molecule is Cc1c(N)cccc1C(=O)N1[C@H](C)CCC[C@@H]1C. The van der Waals surface area contributed by atoms with E-state index in [0.29, 0.717) is 17.8 Å². The van der Waals surface area contributed by atoms with Gasteiger partial charge in [-0.3, -0.25) is 4.79 Å². The molecule has 1 saturated heterocycles. The van der Waals surface area contributed by atoms with Crippen LogP contribution < -0.4 is 5.73 Å². The number of carbonyl (C=O) groups is 1. The molecule has 0 unspecified atom stereocenters. The van der Waals surface area contributed by atoms with Crippen molar-refractivity contribution in [1.82, 2.24) is 4.90 Å². The van der Waals surface area contributed by atoms with E-state index in [0.717, 1.165) is 24.0 Å². The minimum Gasteiger partial charge on any atom is -0.398 e. The molecule has 2 N–H and O–H groups in total. The molecule has 1 fully saturated rings. The molecule has 1 aliphatic rings. The largest absolute Gasteiger partial charge is 0.398 e. The lowest BCUT2D eigenvalue weighted by molar-refractivity contribution is 0.0510. The van der Waals surface area contributed by atoms with Gasteiger partial charge < -0.3 is 10.6 Å². The molecule has 0 aliphatic carbocycles. The Balaban J connectivity index is 2.32. The Morgan fingerprint density at radius 1 is 1.28 bits per heavy atom. The van der Waals surface area contributed by atoms with E-state index >= 15 is 0 Å². The Morgan fingerprint density at radius 2 is 1.89 bits per heavy atom. The average molecular weight is 246 g/mol. The van der Waals surface area contributed by atoms with Gasteiger partial charge in [-0.05, 0) is 57.7 Å². The number of hydrogen-bond acceptors (Lipinski definition) is 2. The highest BCUT2D eigenvalue weighted by Crippen LogP contribution is 2.26. The van der Waals surface area contributed by atoms with E-state index in [1.165, 1.54) is 6.42 Å². The fraction of sp³-hybridized carbons (Fsp3) is 0.533. The van der Waals surface area contributed by atoms with Gasteiger partial charge in [0.2, 0.25) is 0 Å². The minimum atomic E-state index is 0.125. The molecule has 0 bridgehead atoms. The molecule has 3 heteroatoms. The van der Waals surface area contributed by atoms with Crippen molar-refractivity contribution in [3.05, 3.63) is 29.3 Å². The van der Waals surface area contributed by atoms with Crippen molar-refractivity contribution >= 4 is 11.6 Å². The van der Waals surface area contributed by atoms with E-state index in [1.807, 2.05) is 30.0 Å². The summed E-state index contributed by atoms with van der Waals surface area (Å²) in [4.78, 5) is 14.7. The second kappa shape index (κ2) is 5.01. The third kappa shape index (κ3) is 2.22. The van der Waals surface area contributed by atoms with Crippen LogP contribution in [0, 0.1) is 6.92 Å². The number of nitrogens with zero attached hydrogens (tertiary/aromatic N) is 1. The molecule has 18 heavy (non-hydrogen) atoms. The normalized spacial score (nSPS) is 24.1. The number of carbonyl (C=O) groups excluding carboxylic acids is 1. The van der Waals surface area contributed by atoms with Crippen LogP contribution in [0.15, 0.2) is 18.2 Å². The summed E-state index contributed by atoms with van der Waals surface area (Å²) in [5, 5.41) is 0. The lowest BCUT2D eigenvalue weighted by atomic mass is 9.95. The molecule has 1 aromatic rings. The van der Waals surface area contributed by atoms with Crippen LogP contribution in [0.5, 0.6) is 0 Å². The number of anilines is 1. The van der Waals surface area contributed by atoms with Gasteiger partial charge in [0.1, 0.15) is 0 Å². The Labute approximate surface area is 109 Å². The predicted molar refractivity (Wildman–Crippen MR) is 74.5 cm³/mol. The van der Waals surface area contributed by atoms with Crippen molar-refractivity contribution in [3.63, 3.8) is 0 Å². The summed E-state index contributed by atoms with van der Waals surface area (Å²) in [5.74, 6) is 0.125. The molecule has 98 valence electrons. The summed E-state index contributed by atoms with van der Waals surface area (Å²) in [6.45, 7) is 6.19.